The Kier molecular flexibility index (Phi) is 9.64. The molecule has 0 saturated carbocycles. The quantitative estimate of drug-likeness (QED) is 0.460. The molecule has 10 heteroatoms. The molecule has 166 valence electrons. The third-order valence-electron chi connectivity index (χ3n) is 5.15. The van der Waals surface area contributed by atoms with Crippen LogP contribution in [0.2, 0.25) is 0 Å². The zero-order valence-corrected chi connectivity index (χ0v) is 18.2. The molecule has 0 bridgehead atoms. The van der Waals surface area contributed by atoms with E-state index in [9.17, 15) is 13.2 Å². The summed E-state index contributed by atoms with van der Waals surface area (Å²) in [4.78, 5) is 10.6. The van der Waals surface area contributed by atoms with E-state index in [0.717, 1.165) is 62.4 Å². The van der Waals surface area contributed by atoms with Crippen molar-refractivity contribution in [1.82, 2.24) is 20.5 Å². The van der Waals surface area contributed by atoms with Gasteiger partial charge in [-0.05, 0) is 12.8 Å². The molecule has 1 fully saturated rings. The molecule has 1 unspecified atom stereocenters. The standard InChI is InChI=1S/C19H32F3N5OS/c1-4-14(5-2)15(27-7-9-28-10-8-27)11-24-18(23-6-3)25-12-17-26-16(13-29-17)19(20,21)22/h13-15H,4-12H2,1-3H3,(H2,23,24,25). The number of guanidine groups is 1. The maximum absolute atomic E-state index is 12.7. The Bertz CT molecular complexity index is 628. The minimum absolute atomic E-state index is 0.114. The second-order valence-electron chi connectivity index (χ2n) is 6.99. The molecule has 2 N–H and O–H groups in total. The van der Waals surface area contributed by atoms with Gasteiger partial charge in [0.2, 0.25) is 0 Å². The smallest absolute Gasteiger partial charge is 0.379 e. The fourth-order valence-electron chi connectivity index (χ4n) is 3.54. The minimum atomic E-state index is -4.41. The number of thiazole rings is 1. The summed E-state index contributed by atoms with van der Waals surface area (Å²) in [6.07, 6.45) is -2.23. The zero-order chi connectivity index (χ0) is 21.3. The van der Waals surface area contributed by atoms with Crippen LogP contribution in [0.4, 0.5) is 13.2 Å². The first-order chi connectivity index (χ1) is 13.9. The summed E-state index contributed by atoms with van der Waals surface area (Å²) in [5.41, 5.74) is -0.855. The van der Waals surface area contributed by atoms with Crippen molar-refractivity contribution >= 4 is 17.3 Å². The Morgan fingerprint density at radius 1 is 1.24 bits per heavy atom. The number of nitrogens with zero attached hydrogens (tertiary/aromatic N) is 3. The van der Waals surface area contributed by atoms with Crippen molar-refractivity contribution < 1.29 is 17.9 Å². The normalized spacial score (nSPS) is 17.6. The van der Waals surface area contributed by atoms with Crippen LogP contribution in [-0.2, 0) is 17.5 Å². The number of morpholine rings is 1. The monoisotopic (exact) mass is 435 g/mol. The molecule has 2 heterocycles. The second kappa shape index (κ2) is 11.7. The van der Waals surface area contributed by atoms with Gasteiger partial charge in [-0.15, -0.1) is 11.3 Å². The highest BCUT2D eigenvalue weighted by Crippen LogP contribution is 2.30. The van der Waals surface area contributed by atoms with Gasteiger partial charge in [-0.3, -0.25) is 4.90 Å². The van der Waals surface area contributed by atoms with Crippen molar-refractivity contribution in [3.05, 3.63) is 16.1 Å². The fraction of sp³-hybridized carbons (Fsp3) is 0.789. The molecule has 1 saturated heterocycles. The number of halogens is 3. The van der Waals surface area contributed by atoms with E-state index in [0.29, 0.717) is 29.5 Å². The van der Waals surface area contributed by atoms with Crippen LogP contribution in [0.25, 0.3) is 0 Å². The lowest BCUT2D eigenvalue weighted by Gasteiger charge is -2.39. The van der Waals surface area contributed by atoms with Crippen molar-refractivity contribution in [2.45, 2.75) is 52.4 Å². The highest BCUT2D eigenvalue weighted by Gasteiger charge is 2.33. The van der Waals surface area contributed by atoms with Crippen LogP contribution in [0.1, 0.15) is 44.3 Å². The maximum Gasteiger partial charge on any atom is 0.434 e. The summed E-state index contributed by atoms with van der Waals surface area (Å²) in [5.74, 6) is 1.15. The van der Waals surface area contributed by atoms with E-state index in [1.165, 1.54) is 0 Å². The van der Waals surface area contributed by atoms with Gasteiger partial charge in [-0.2, -0.15) is 13.2 Å². The maximum atomic E-state index is 12.7. The first-order valence-electron chi connectivity index (χ1n) is 10.2. The first kappa shape index (κ1) is 23.9. The zero-order valence-electron chi connectivity index (χ0n) is 17.4. The second-order valence-corrected chi connectivity index (χ2v) is 7.94. The summed E-state index contributed by atoms with van der Waals surface area (Å²) < 4.78 is 43.7. The number of rotatable bonds is 9. The molecule has 1 atom stereocenters. The first-order valence-corrected chi connectivity index (χ1v) is 11.1. The van der Waals surface area contributed by atoms with Gasteiger partial charge in [0.15, 0.2) is 11.7 Å². The lowest BCUT2D eigenvalue weighted by Crippen LogP contribution is -2.53. The van der Waals surface area contributed by atoms with Crippen molar-refractivity contribution in [2.75, 3.05) is 39.4 Å². The van der Waals surface area contributed by atoms with Crippen LogP contribution >= 0.6 is 11.3 Å². The van der Waals surface area contributed by atoms with E-state index in [1.54, 1.807) is 0 Å². The predicted molar refractivity (Wildman–Crippen MR) is 110 cm³/mol. The molecule has 6 nitrogen and oxygen atoms in total. The Morgan fingerprint density at radius 3 is 2.48 bits per heavy atom. The van der Waals surface area contributed by atoms with Gasteiger partial charge in [0.05, 0.1) is 19.8 Å². The Morgan fingerprint density at radius 2 is 1.93 bits per heavy atom. The van der Waals surface area contributed by atoms with Gasteiger partial charge < -0.3 is 15.4 Å². The molecule has 0 aliphatic carbocycles. The molecule has 0 radical (unpaired) electrons. The highest BCUT2D eigenvalue weighted by molar-refractivity contribution is 7.09. The lowest BCUT2D eigenvalue weighted by molar-refractivity contribution is -0.140. The average molecular weight is 436 g/mol. The van der Waals surface area contributed by atoms with Crippen LogP contribution in [0.3, 0.4) is 0 Å². The number of hydrogen-bond acceptors (Lipinski definition) is 5. The minimum Gasteiger partial charge on any atom is -0.379 e. The van der Waals surface area contributed by atoms with Crippen LogP contribution in [0.15, 0.2) is 10.4 Å². The van der Waals surface area contributed by atoms with E-state index in [-0.39, 0.29) is 6.54 Å². The molecule has 0 spiro atoms. The molecule has 1 aliphatic heterocycles. The number of aromatic nitrogens is 1. The Hall–Kier alpha value is -1.39. The van der Waals surface area contributed by atoms with Gasteiger partial charge in [-0.25, -0.2) is 9.98 Å². The van der Waals surface area contributed by atoms with Gasteiger partial charge >= 0.3 is 6.18 Å². The van der Waals surface area contributed by atoms with Gasteiger partial charge in [0.25, 0.3) is 0 Å². The molecule has 1 aliphatic rings. The summed E-state index contributed by atoms with van der Waals surface area (Å²) in [5, 5.41) is 7.94. The highest BCUT2D eigenvalue weighted by atomic mass is 32.1. The van der Waals surface area contributed by atoms with Crippen molar-refractivity contribution in [1.29, 1.82) is 0 Å². The Balaban J connectivity index is 2.02. The fourth-order valence-corrected chi connectivity index (χ4v) is 4.26. The summed E-state index contributed by atoms with van der Waals surface area (Å²) in [6, 6.07) is 0.356. The molecular weight excluding hydrogens is 403 g/mol. The van der Waals surface area contributed by atoms with Crippen LogP contribution in [0, 0.1) is 5.92 Å². The average Bonchev–Trinajstić information content (AvgIpc) is 3.19. The van der Waals surface area contributed by atoms with Crippen molar-refractivity contribution in [3.8, 4) is 0 Å². The molecule has 2 rings (SSSR count). The topological polar surface area (TPSA) is 61.8 Å². The van der Waals surface area contributed by atoms with Crippen LogP contribution in [-0.4, -0.2) is 61.3 Å². The van der Waals surface area contributed by atoms with Gasteiger partial charge in [0.1, 0.15) is 5.01 Å². The molecule has 0 aromatic carbocycles. The number of ether oxygens (including phenoxy) is 1. The molecule has 1 aromatic heterocycles. The van der Waals surface area contributed by atoms with E-state index in [1.807, 2.05) is 6.92 Å². The van der Waals surface area contributed by atoms with Gasteiger partial charge in [0, 0.05) is 37.6 Å². The predicted octanol–water partition coefficient (Wildman–Crippen LogP) is 3.35. The third kappa shape index (κ3) is 7.42. The van der Waals surface area contributed by atoms with Crippen molar-refractivity contribution in [2.24, 2.45) is 10.9 Å². The number of alkyl halides is 3. The summed E-state index contributed by atoms with van der Waals surface area (Å²) >= 11 is 0.980. The largest absolute Gasteiger partial charge is 0.434 e. The van der Waals surface area contributed by atoms with Crippen molar-refractivity contribution in [3.63, 3.8) is 0 Å². The van der Waals surface area contributed by atoms with E-state index < -0.39 is 11.9 Å². The summed E-state index contributed by atoms with van der Waals surface area (Å²) in [7, 11) is 0. The Labute approximate surface area is 174 Å². The SMILES string of the molecule is CCNC(=NCc1nc(C(F)(F)F)cs1)NCC(C(CC)CC)N1CCOCC1. The van der Waals surface area contributed by atoms with E-state index >= 15 is 0 Å². The molecule has 0 amide bonds. The third-order valence-corrected chi connectivity index (χ3v) is 5.98. The molecular formula is C19H32F3N5OS. The summed E-state index contributed by atoms with van der Waals surface area (Å²) in [6.45, 7) is 11.2. The number of nitrogens with one attached hydrogen (secondary N) is 2. The number of aliphatic imine (C=N–C) groups is 1. The molecule has 29 heavy (non-hydrogen) atoms. The van der Waals surface area contributed by atoms with Crippen LogP contribution in [0.5, 0.6) is 0 Å². The molecule has 1 aromatic rings. The lowest BCUT2D eigenvalue weighted by atomic mass is 9.92. The van der Waals surface area contributed by atoms with Gasteiger partial charge in [-0.1, -0.05) is 26.7 Å². The van der Waals surface area contributed by atoms with Crippen LogP contribution < -0.4 is 10.6 Å². The van der Waals surface area contributed by atoms with E-state index in [4.69, 9.17) is 4.74 Å². The number of hydrogen-bond donors (Lipinski definition) is 2. The van der Waals surface area contributed by atoms with E-state index in [2.05, 4.69) is 39.4 Å².